The molecule has 17 heavy (non-hydrogen) atoms. The van der Waals surface area contributed by atoms with Crippen LogP contribution in [0.1, 0.15) is 25.5 Å². The van der Waals surface area contributed by atoms with Crippen molar-refractivity contribution in [3.8, 4) is 17.6 Å². The molecule has 0 bridgehead atoms. The number of nitrogens with zero attached hydrogens (tertiary/aromatic N) is 1. The smallest absolute Gasteiger partial charge is 0.174 e. The molecule has 0 saturated heterocycles. The Kier molecular flexibility index (Phi) is 5.31. The summed E-state index contributed by atoms with van der Waals surface area (Å²) in [5, 5.41) is 11.8. The third-order valence-electron chi connectivity index (χ3n) is 2.49. The predicted molar refractivity (Wildman–Crippen MR) is 66.2 cm³/mol. The number of hydrogen-bond acceptors (Lipinski definition) is 4. The fourth-order valence-corrected chi connectivity index (χ4v) is 1.61. The lowest BCUT2D eigenvalue weighted by molar-refractivity contribution is 0.329. The summed E-state index contributed by atoms with van der Waals surface area (Å²) >= 11 is 0. The lowest BCUT2D eigenvalue weighted by Gasteiger charge is -2.15. The van der Waals surface area contributed by atoms with E-state index in [4.69, 9.17) is 14.7 Å². The summed E-state index contributed by atoms with van der Waals surface area (Å²) in [5.41, 5.74) is 1.13. The average molecular weight is 234 g/mol. The van der Waals surface area contributed by atoms with Crippen molar-refractivity contribution in [2.45, 2.75) is 19.9 Å². The zero-order chi connectivity index (χ0) is 12.7. The van der Waals surface area contributed by atoms with Crippen molar-refractivity contribution in [1.29, 1.82) is 5.26 Å². The maximum absolute atomic E-state index is 8.48. The van der Waals surface area contributed by atoms with Gasteiger partial charge in [0.05, 0.1) is 7.11 Å². The van der Waals surface area contributed by atoms with Crippen LogP contribution in [-0.2, 0) is 0 Å². The first kappa shape index (κ1) is 13.3. The van der Waals surface area contributed by atoms with Gasteiger partial charge >= 0.3 is 0 Å². The quantitative estimate of drug-likeness (QED) is 0.820. The molecule has 1 aromatic carbocycles. The standard InChI is InChI=1S/C13H18N2O2/c1-4-15-10(2)11-5-6-12(17-8-7-14)13(9-11)16-3/h5-6,9-10,15H,4,8H2,1-3H3. The monoisotopic (exact) mass is 234 g/mol. The summed E-state index contributed by atoms with van der Waals surface area (Å²) in [5.74, 6) is 1.25. The second-order valence-corrected chi connectivity index (χ2v) is 3.64. The van der Waals surface area contributed by atoms with Crippen molar-refractivity contribution in [2.24, 2.45) is 0 Å². The van der Waals surface area contributed by atoms with E-state index in [9.17, 15) is 0 Å². The molecule has 1 rings (SSSR count). The molecule has 0 fully saturated rings. The second-order valence-electron chi connectivity index (χ2n) is 3.64. The van der Waals surface area contributed by atoms with Crippen LogP contribution in [0.2, 0.25) is 0 Å². The van der Waals surface area contributed by atoms with Crippen molar-refractivity contribution in [3.05, 3.63) is 23.8 Å². The van der Waals surface area contributed by atoms with E-state index in [1.54, 1.807) is 7.11 Å². The first-order valence-corrected chi connectivity index (χ1v) is 5.64. The van der Waals surface area contributed by atoms with Crippen molar-refractivity contribution < 1.29 is 9.47 Å². The topological polar surface area (TPSA) is 54.3 Å². The summed E-state index contributed by atoms with van der Waals surface area (Å²) in [6.07, 6.45) is 0. The Hall–Kier alpha value is -1.73. The Morgan fingerprint density at radius 2 is 2.18 bits per heavy atom. The van der Waals surface area contributed by atoms with Crippen molar-refractivity contribution in [2.75, 3.05) is 20.3 Å². The van der Waals surface area contributed by atoms with Gasteiger partial charge < -0.3 is 14.8 Å². The molecule has 1 unspecified atom stereocenters. The van der Waals surface area contributed by atoms with Crippen LogP contribution in [0.4, 0.5) is 0 Å². The first-order chi connectivity index (χ1) is 8.22. The summed E-state index contributed by atoms with van der Waals surface area (Å²) in [7, 11) is 1.59. The fraction of sp³-hybridized carbons (Fsp3) is 0.462. The van der Waals surface area contributed by atoms with Gasteiger partial charge in [0.15, 0.2) is 18.1 Å². The van der Waals surface area contributed by atoms with Crippen LogP contribution >= 0.6 is 0 Å². The highest BCUT2D eigenvalue weighted by Crippen LogP contribution is 2.30. The highest BCUT2D eigenvalue weighted by atomic mass is 16.5. The molecule has 0 amide bonds. The largest absolute Gasteiger partial charge is 0.493 e. The van der Waals surface area contributed by atoms with E-state index in [2.05, 4.69) is 19.2 Å². The van der Waals surface area contributed by atoms with E-state index in [1.165, 1.54) is 0 Å². The Balaban J connectivity index is 2.88. The van der Waals surface area contributed by atoms with Gasteiger partial charge in [0.1, 0.15) is 6.07 Å². The SMILES string of the molecule is CCNC(C)c1ccc(OCC#N)c(OC)c1. The minimum absolute atomic E-state index is 0.0263. The van der Waals surface area contributed by atoms with Crippen LogP contribution in [0, 0.1) is 11.3 Å². The number of hydrogen-bond donors (Lipinski definition) is 1. The fourth-order valence-electron chi connectivity index (χ4n) is 1.61. The van der Waals surface area contributed by atoms with E-state index in [0.29, 0.717) is 11.5 Å². The molecule has 0 spiro atoms. The minimum Gasteiger partial charge on any atom is -0.493 e. The number of methoxy groups -OCH3 is 1. The van der Waals surface area contributed by atoms with Gasteiger partial charge in [0.25, 0.3) is 0 Å². The van der Waals surface area contributed by atoms with Gasteiger partial charge in [-0.1, -0.05) is 13.0 Å². The Morgan fingerprint density at radius 3 is 2.76 bits per heavy atom. The zero-order valence-electron chi connectivity index (χ0n) is 10.5. The molecule has 4 nitrogen and oxygen atoms in total. The van der Waals surface area contributed by atoms with Crippen LogP contribution in [0.3, 0.4) is 0 Å². The van der Waals surface area contributed by atoms with Crippen molar-refractivity contribution in [1.82, 2.24) is 5.32 Å². The molecule has 1 atom stereocenters. The van der Waals surface area contributed by atoms with Gasteiger partial charge in [-0.05, 0) is 31.2 Å². The number of ether oxygens (including phenoxy) is 2. The molecule has 0 aromatic heterocycles. The lowest BCUT2D eigenvalue weighted by Crippen LogP contribution is -2.17. The Bertz CT molecular complexity index is 399. The highest BCUT2D eigenvalue weighted by Gasteiger charge is 2.09. The Morgan fingerprint density at radius 1 is 1.41 bits per heavy atom. The minimum atomic E-state index is 0.0263. The van der Waals surface area contributed by atoms with Crippen LogP contribution in [0.25, 0.3) is 0 Å². The summed E-state index contributed by atoms with van der Waals surface area (Å²) in [6.45, 7) is 5.10. The van der Waals surface area contributed by atoms with Gasteiger partial charge in [-0.2, -0.15) is 5.26 Å². The van der Waals surface area contributed by atoms with E-state index < -0.39 is 0 Å². The van der Waals surface area contributed by atoms with E-state index in [0.717, 1.165) is 12.1 Å². The molecule has 0 heterocycles. The van der Waals surface area contributed by atoms with Crippen molar-refractivity contribution >= 4 is 0 Å². The van der Waals surface area contributed by atoms with E-state index >= 15 is 0 Å². The van der Waals surface area contributed by atoms with Gasteiger partial charge in [-0.15, -0.1) is 0 Å². The van der Waals surface area contributed by atoms with E-state index in [-0.39, 0.29) is 12.6 Å². The summed E-state index contributed by atoms with van der Waals surface area (Å²) < 4.78 is 10.5. The second kappa shape index (κ2) is 6.77. The molecule has 92 valence electrons. The number of benzene rings is 1. The molecular weight excluding hydrogens is 216 g/mol. The van der Waals surface area contributed by atoms with Crippen LogP contribution < -0.4 is 14.8 Å². The summed E-state index contributed by atoms with van der Waals surface area (Å²) in [6, 6.07) is 7.94. The van der Waals surface area contributed by atoms with Crippen molar-refractivity contribution in [3.63, 3.8) is 0 Å². The molecule has 1 N–H and O–H groups in total. The maximum atomic E-state index is 8.48. The Labute approximate surface area is 102 Å². The summed E-state index contributed by atoms with van der Waals surface area (Å²) in [4.78, 5) is 0. The molecule has 0 aliphatic rings. The zero-order valence-corrected chi connectivity index (χ0v) is 10.5. The predicted octanol–water partition coefficient (Wildman–Crippen LogP) is 2.27. The average Bonchev–Trinajstić information content (AvgIpc) is 2.36. The van der Waals surface area contributed by atoms with E-state index in [1.807, 2.05) is 24.3 Å². The molecule has 1 aromatic rings. The molecule has 0 saturated carbocycles. The van der Waals surface area contributed by atoms with Gasteiger partial charge in [-0.25, -0.2) is 0 Å². The van der Waals surface area contributed by atoms with Crippen LogP contribution in [0.5, 0.6) is 11.5 Å². The maximum Gasteiger partial charge on any atom is 0.174 e. The number of nitrogens with one attached hydrogen (secondary N) is 1. The van der Waals surface area contributed by atoms with Crippen LogP contribution in [-0.4, -0.2) is 20.3 Å². The third kappa shape index (κ3) is 3.65. The first-order valence-electron chi connectivity index (χ1n) is 5.64. The molecular formula is C13H18N2O2. The number of rotatable bonds is 6. The third-order valence-corrected chi connectivity index (χ3v) is 2.49. The number of nitriles is 1. The lowest BCUT2D eigenvalue weighted by atomic mass is 10.1. The molecule has 0 aliphatic carbocycles. The van der Waals surface area contributed by atoms with Gasteiger partial charge in [0, 0.05) is 6.04 Å². The normalized spacial score (nSPS) is 11.6. The van der Waals surface area contributed by atoms with Gasteiger partial charge in [0.2, 0.25) is 0 Å². The van der Waals surface area contributed by atoms with Crippen LogP contribution in [0.15, 0.2) is 18.2 Å². The highest BCUT2D eigenvalue weighted by molar-refractivity contribution is 5.43. The molecule has 0 radical (unpaired) electrons. The molecule has 4 heteroatoms. The van der Waals surface area contributed by atoms with Gasteiger partial charge in [-0.3, -0.25) is 0 Å². The molecule has 0 aliphatic heterocycles.